The molecule has 0 amide bonds. The van der Waals surface area contributed by atoms with Crippen LogP contribution in [0, 0.1) is 0 Å². The predicted octanol–water partition coefficient (Wildman–Crippen LogP) is 4.09. The molecule has 0 saturated heterocycles. The minimum absolute atomic E-state index is 0.181. The van der Waals surface area contributed by atoms with E-state index < -0.39 is 0 Å². The van der Waals surface area contributed by atoms with E-state index in [0.717, 1.165) is 28.1 Å². The van der Waals surface area contributed by atoms with Gasteiger partial charge in [0.05, 0.1) is 11.1 Å². The summed E-state index contributed by atoms with van der Waals surface area (Å²) in [7, 11) is 0. The summed E-state index contributed by atoms with van der Waals surface area (Å²) in [6, 6.07) is 18.3. The second-order valence-electron chi connectivity index (χ2n) is 5.69. The van der Waals surface area contributed by atoms with Gasteiger partial charge in [-0.05, 0) is 35.8 Å². The summed E-state index contributed by atoms with van der Waals surface area (Å²) >= 11 is 0. The van der Waals surface area contributed by atoms with Gasteiger partial charge in [-0.3, -0.25) is 9.79 Å². The highest BCUT2D eigenvalue weighted by atomic mass is 16.1. The van der Waals surface area contributed by atoms with Crippen LogP contribution >= 0.6 is 0 Å². The van der Waals surface area contributed by atoms with Crippen molar-refractivity contribution in [3.8, 4) is 0 Å². The number of hydrogen-bond acceptors (Lipinski definition) is 2. The molecule has 1 heterocycles. The van der Waals surface area contributed by atoms with Gasteiger partial charge in [0.1, 0.15) is 0 Å². The quantitative estimate of drug-likeness (QED) is 0.769. The van der Waals surface area contributed by atoms with Crippen molar-refractivity contribution in [2.75, 3.05) is 0 Å². The number of carbonyl (C=O) groups is 1. The number of aliphatic imine (C=N–C) groups is 1. The molecule has 2 nitrogen and oxygen atoms in total. The Labute approximate surface area is 123 Å². The van der Waals surface area contributed by atoms with Gasteiger partial charge < -0.3 is 0 Å². The van der Waals surface area contributed by atoms with Crippen LogP contribution in [0.15, 0.2) is 65.7 Å². The smallest absolute Gasteiger partial charge is 0.157 e. The lowest BCUT2D eigenvalue weighted by Gasteiger charge is -2.29. The second-order valence-corrected chi connectivity index (χ2v) is 5.69. The summed E-state index contributed by atoms with van der Waals surface area (Å²) in [5.41, 5.74) is 4.99. The molecule has 1 atom stereocenters. The minimum Gasteiger partial charge on any atom is -0.295 e. The Morgan fingerprint density at radius 2 is 1.71 bits per heavy atom. The molecule has 2 aliphatic rings. The van der Waals surface area contributed by atoms with Gasteiger partial charge in [0.15, 0.2) is 5.78 Å². The molecule has 0 aromatic heterocycles. The Bertz CT molecular complexity index is 801. The van der Waals surface area contributed by atoms with Gasteiger partial charge in [0, 0.05) is 12.1 Å². The molecule has 4 rings (SSSR count). The van der Waals surface area contributed by atoms with Crippen molar-refractivity contribution < 1.29 is 4.79 Å². The van der Waals surface area contributed by atoms with Crippen LogP contribution in [0.5, 0.6) is 0 Å². The molecule has 0 radical (unpaired) electrons. The van der Waals surface area contributed by atoms with Crippen LogP contribution in [0.4, 0.5) is 5.69 Å². The number of ketones is 1. The Morgan fingerprint density at radius 3 is 2.52 bits per heavy atom. The van der Waals surface area contributed by atoms with Crippen molar-refractivity contribution in [2.24, 2.45) is 4.99 Å². The molecule has 1 aliphatic carbocycles. The van der Waals surface area contributed by atoms with E-state index in [2.05, 4.69) is 18.2 Å². The van der Waals surface area contributed by atoms with E-state index in [9.17, 15) is 4.79 Å². The number of fused-ring (bicyclic) bond motifs is 2. The summed E-state index contributed by atoms with van der Waals surface area (Å²) in [4.78, 5) is 16.9. The molecule has 2 aromatic rings. The Morgan fingerprint density at radius 1 is 1.00 bits per heavy atom. The van der Waals surface area contributed by atoms with E-state index >= 15 is 0 Å². The topological polar surface area (TPSA) is 29.4 Å². The lowest BCUT2D eigenvalue weighted by Crippen LogP contribution is -2.31. The molecule has 2 aromatic carbocycles. The maximum Gasteiger partial charge on any atom is 0.157 e. The average Bonchev–Trinajstić information content (AvgIpc) is 3.00. The predicted molar refractivity (Wildman–Crippen MR) is 84.9 cm³/mol. The van der Waals surface area contributed by atoms with Crippen molar-refractivity contribution in [2.45, 2.75) is 18.8 Å². The number of hydrogen-bond donors (Lipinski definition) is 0. The van der Waals surface area contributed by atoms with Crippen molar-refractivity contribution in [1.29, 1.82) is 0 Å². The summed E-state index contributed by atoms with van der Waals surface area (Å²) in [5.74, 6) is 0.181. The highest BCUT2D eigenvalue weighted by Crippen LogP contribution is 2.53. The molecule has 0 fully saturated rings. The normalized spacial score (nSPS) is 23.2. The van der Waals surface area contributed by atoms with Gasteiger partial charge in [-0.2, -0.15) is 0 Å². The first kappa shape index (κ1) is 12.3. The number of nitrogens with zero attached hydrogens (tertiary/aromatic N) is 1. The van der Waals surface area contributed by atoms with Crippen LogP contribution < -0.4 is 0 Å². The Hall–Kier alpha value is -2.48. The van der Waals surface area contributed by atoms with Gasteiger partial charge in [0.25, 0.3) is 0 Å². The molecule has 0 saturated carbocycles. The van der Waals surface area contributed by atoms with Crippen molar-refractivity contribution in [1.82, 2.24) is 0 Å². The number of rotatable bonds is 1. The maximum atomic E-state index is 12.2. The van der Waals surface area contributed by atoms with E-state index in [1.54, 1.807) is 6.08 Å². The van der Waals surface area contributed by atoms with E-state index in [0.29, 0.717) is 6.42 Å². The van der Waals surface area contributed by atoms with E-state index in [1.807, 2.05) is 43.3 Å². The summed E-state index contributed by atoms with van der Waals surface area (Å²) in [5, 5.41) is 0. The summed E-state index contributed by atoms with van der Waals surface area (Å²) < 4.78 is 0. The zero-order valence-corrected chi connectivity index (χ0v) is 11.8. The van der Waals surface area contributed by atoms with E-state index in [-0.39, 0.29) is 11.2 Å². The first-order valence-electron chi connectivity index (χ1n) is 7.17. The molecule has 21 heavy (non-hydrogen) atoms. The molecule has 0 N–H and O–H groups in total. The zero-order valence-electron chi connectivity index (χ0n) is 11.8. The summed E-state index contributed by atoms with van der Waals surface area (Å²) in [6.07, 6.45) is 2.29. The minimum atomic E-state index is -0.366. The third kappa shape index (κ3) is 1.59. The standard InChI is InChI=1S/C19H15NO/c1-13-19(16-9-5-6-10-18(16)20-13)12-15(21)11-17(19)14-7-3-2-4-8-14/h2-11H,12H2,1H3. The molecular formula is C19H15NO. The molecule has 102 valence electrons. The number of allylic oxidation sites excluding steroid dienone is 2. The fourth-order valence-electron chi connectivity index (χ4n) is 3.61. The number of carbonyl (C=O) groups excluding carboxylic acids is 1. The number of para-hydroxylation sites is 1. The maximum absolute atomic E-state index is 12.2. The van der Waals surface area contributed by atoms with Gasteiger partial charge in [-0.1, -0.05) is 48.5 Å². The van der Waals surface area contributed by atoms with Gasteiger partial charge in [-0.15, -0.1) is 0 Å². The molecule has 0 bridgehead atoms. The largest absolute Gasteiger partial charge is 0.295 e. The first-order valence-corrected chi connectivity index (χ1v) is 7.17. The van der Waals surface area contributed by atoms with Crippen LogP contribution in [0.25, 0.3) is 5.57 Å². The molecule has 1 aliphatic heterocycles. The third-order valence-corrected chi connectivity index (χ3v) is 4.56. The lowest BCUT2D eigenvalue weighted by molar-refractivity contribution is -0.114. The average molecular weight is 273 g/mol. The van der Waals surface area contributed by atoms with Crippen LogP contribution in [-0.4, -0.2) is 11.5 Å². The highest BCUT2D eigenvalue weighted by molar-refractivity contribution is 6.20. The fraction of sp³-hybridized carbons (Fsp3) is 0.158. The van der Waals surface area contributed by atoms with Gasteiger partial charge in [-0.25, -0.2) is 0 Å². The van der Waals surface area contributed by atoms with Crippen molar-refractivity contribution >= 4 is 22.8 Å². The monoisotopic (exact) mass is 273 g/mol. The SMILES string of the molecule is CC1=Nc2ccccc2C12CC(=O)C=C2c1ccccc1. The van der Waals surface area contributed by atoms with Crippen LogP contribution in [-0.2, 0) is 10.2 Å². The van der Waals surface area contributed by atoms with Gasteiger partial charge in [0.2, 0.25) is 0 Å². The number of benzene rings is 2. The van der Waals surface area contributed by atoms with E-state index in [4.69, 9.17) is 4.99 Å². The summed E-state index contributed by atoms with van der Waals surface area (Å²) in [6.45, 7) is 2.04. The molecule has 2 heteroatoms. The van der Waals surface area contributed by atoms with Crippen LogP contribution in [0.1, 0.15) is 24.5 Å². The molecule has 1 unspecified atom stereocenters. The lowest BCUT2D eigenvalue weighted by atomic mass is 9.70. The van der Waals surface area contributed by atoms with E-state index in [1.165, 1.54) is 0 Å². The first-order chi connectivity index (χ1) is 10.2. The fourth-order valence-corrected chi connectivity index (χ4v) is 3.61. The second kappa shape index (κ2) is 4.26. The highest BCUT2D eigenvalue weighted by Gasteiger charge is 2.49. The zero-order chi connectivity index (χ0) is 14.4. The third-order valence-electron chi connectivity index (χ3n) is 4.56. The van der Waals surface area contributed by atoms with Gasteiger partial charge >= 0.3 is 0 Å². The molecular weight excluding hydrogens is 258 g/mol. The van der Waals surface area contributed by atoms with Crippen LogP contribution in [0.3, 0.4) is 0 Å². The van der Waals surface area contributed by atoms with Crippen LogP contribution in [0.2, 0.25) is 0 Å². The van der Waals surface area contributed by atoms with Crippen molar-refractivity contribution in [3.05, 3.63) is 71.8 Å². The Kier molecular flexibility index (Phi) is 2.49. The van der Waals surface area contributed by atoms with Crippen molar-refractivity contribution in [3.63, 3.8) is 0 Å². The molecule has 1 spiro atoms. The Balaban J connectivity index is 1.98.